The van der Waals surface area contributed by atoms with Crippen molar-refractivity contribution in [2.75, 3.05) is 7.11 Å². The molecule has 0 aliphatic rings. The van der Waals surface area contributed by atoms with Gasteiger partial charge in [-0.15, -0.1) is 0 Å². The van der Waals surface area contributed by atoms with E-state index >= 15 is 0 Å². The van der Waals surface area contributed by atoms with E-state index < -0.39 is 0 Å². The first-order chi connectivity index (χ1) is 8.74. The highest BCUT2D eigenvalue weighted by atomic mass is 127. The van der Waals surface area contributed by atoms with E-state index in [1.807, 2.05) is 0 Å². The highest BCUT2D eigenvalue weighted by Gasteiger charge is 2.09. The van der Waals surface area contributed by atoms with Gasteiger partial charge in [-0.25, -0.2) is 9.97 Å². The summed E-state index contributed by atoms with van der Waals surface area (Å²) in [6.45, 7) is -0.0400. The first-order valence-corrected chi connectivity index (χ1v) is 6.23. The molecule has 0 saturated heterocycles. The van der Waals surface area contributed by atoms with Crippen molar-refractivity contribution in [2.45, 2.75) is 6.61 Å². The Morgan fingerprint density at radius 2 is 2.17 bits per heavy atom. The Morgan fingerprint density at radius 3 is 2.83 bits per heavy atom. The highest BCUT2D eigenvalue weighted by molar-refractivity contribution is 14.1. The molecule has 1 aromatic carbocycles. The number of nitrogens with zero attached hydrogens (tertiary/aromatic N) is 2. The molecule has 0 fully saturated rings. The van der Waals surface area contributed by atoms with E-state index in [9.17, 15) is 0 Å². The fraction of sp³-hybridized carbons (Fsp3) is 0.167. The lowest BCUT2D eigenvalue weighted by Gasteiger charge is -2.11. The van der Waals surface area contributed by atoms with Gasteiger partial charge >= 0.3 is 0 Å². The van der Waals surface area contributed by atoms with Crippen LogP contribution >= 0.6 is 22.6 Å². The molecule has 0 unspecified atom stereocenters. The average molecular weight is 358 g/mol. The molecule has 5 nitrogen and oxygen atoms in total. The first-order valence-electron chi connectivity index (χ1n) is 5.15. The summed E-state index contributed by atoms with van der Waals surface area (Å²) in [5.74, 6) is 1.57. The van der Waals surface area contributed by atoms with Gasteiger partial charge in [0.1, 0.15) is 6.33 Å². The molecule has 1 N–H and O–H groups in total. The molecule has 0 bridgehead atoms. The third-order valence-corrected chi connectivity index (χ3v) is 2.99. The number of hydrogen-bond acceptors (Lipinski definition) is 5. The lowest BCUT2D eigenvalue weighted by Crippen LogP contribution is -1.96. The Kier molecular flexibility index (Phi) is 4.32. The molecule has 0 aliphatic carbocycles. The van der Waals surface area contributed by atoms with Gasteiger partial charge in [0.25, 0.3) is 0 Å². The van der Waals surface area contributed by atoms with Crippen molar-refractivity contribution < 1.29 is 14.6 Å². The van der Waals surface area contributed by atoms with Crippen LogP contribution in [0.4, 0.5) is 0 Å². The number of methoxy groups -OCH3 is 1. The summed E-state index contributed by atoms with van der Waals surface area (Å²) in [5.41, 5.74) is 0.761. The van der Waals surface area contributed by atoms with Crippen LogP contribution in [-0.2, 0) is 6.61 Å². The van der Waals surface area contributed by atoms with Crippen LogP contribution in [0.2, 0.25) is 0 Å². The molecule has 94 valence electrons. The van der Waals surface area contributed by atoms with Crippen molar-refractivity contribution in [2.24, 2.45) is 0 Å². The van der Waals surface area contributed by atoms with E-state index in [4.69, 9.17) is 14.6 Å². The van der Waals surface area contributed by atoms with Gasteiger partial charge in [0.2, 0.25) is 5.88 Å². The van der Waals surface area contributed by atoms with Crippen LogP contribution < -0.4 is 9.47 Å². The fourth-order valence-electron chi connectivity index (χ4n) is 1.38. The molecule has 0 saturated carbocycles. The van der Waals surface area contributed by atoms with Crippen LogP contribution in [0.25, 0.3) is 0 Å². The maximum atomic E-state index is 9.06. The summed E-state index contributed by atoms with van der Waals surface area (Å²) in [4.78, 5) is 7.94. The number of aromatic nitrogens is 2. The summed E-state index contributed by atoms with van der Waals surface area (Å²) in [5, 5.41) is 9.06. The standard InChI is InChI=1S/C12H11IN2O3/c1-17-11-4-8(6-16)2-3-10(11)18-12-9(13)5-14-7-15-12/h2-5,7,16H,6H2,1H3. The molecule has 2 rings (SSSR count). The summed E-state index contributed by atoms with van der Waals surface area (Å²) < 4.78 is 11.7. The zero-order valence-corrected chi connectivity index (χ0v) is 11.8. The number of ether oxygens (including phenoxy) is 2. The van der Waals surface area contributed by atoms with Gasteiger partial charge in [-0.2, -0.15) is 0 Å². The third-order valence-electron chi connectivity index (χ3n) is 2.25. The second-order valence-electron chi connectivity index (χ2n) is 3.42. The topological polar surface area (TPSA) is 64.5 Å². The third kappa shape index (κ3) is 2.88. The number of hydrogen-bond donors (Lipinski definition) is 1. The Bertz CT molecular complexity index is 549. The minimum Gasteiger partial charge on any atom is -0.493 e. The van der Waals surface area contributed by atoms with Gasteiger partial charge < -0.3 is 14.6 Å². The van der Waals surface area contributed by atoms with Gasteiger partial charge in [0, 0.05) is 6.20 Å². The number of rotatable bonds is 4. The minimum atomic E-state index is -0.0400. The van der Waals surface area contributed by atoms with E-state index in [0.29, 0.717) is 17.4 Å². The van der Waals surface area contributed by atoms with E-state index in [1.54, 1.807) is 31.5 Å². The summed E-state index contributed by atoms with van der Waals surface area (Å²) in [7, 11) is 1.55. The summed E-state index contributed by atoms with van der Waals surface area (Å²) in [6, 6.07) is 5.23. The normalized spacial score (nSPS) is 10.2. The smallest absolute Gasteiger partial charge is 0.235 e. The molecule has 0 amide bonds. The number of aliphatic hydroxyl groups is 1. The lowest BCUT2D eigenvalue weighted by molar-refractivity contribution is 0.280. The number of halogens is 1. The van der Waals surface area contributed by atoms with Crippen LogP contribution in [0.5, 0.6) is 17.4 Å². The second-order valence-corrected chi connectivity index (χ2v) is 4.58. The Labute approximate surface area is 118 Å². The number of aliphatic hydroxyl groups excluding tert-OH is 1. The van der Waals surface area contributed by atoms with Crippen LogP contribution in [-0.4, -0.2) is 22.2 Å². The van der Waals surface area contributed by atoms with Gasteiger partial charge in [0.05, 0.1) is 17.3 Å². The first kappa shape index (κ1) is 13.0. The van der Waals surface area contributed by atoms with Crippen molar-refractivity contribution in [3.63, 3.8) is 0 Å². The van der Waals surface area contributed by atoms with Gasteiger partial charge in [-0.3, -0.25) is 0 Å². The monoisotopic (exact) mass is 358 g/mol. The van der Waals surface area contributed by atoms with E-state index in [2.05, 4.69) is 32.6 Å². The van der Waals surface area contributed by atoms with Gasteiger partial charge in [-0.1, -0.05) is 6.07 Å². The van der Waals surface area contributed by atoms with Gasteiger partial charge in [0.15, 0.2) is 11.5 Å². The summed E-state index contributed by atoms with van der Waals surface area (Å²) >= 11 is 2.09. The number of benzene rings is 1. The molecule has 0 radical (unpaired) electrons. The van der Waals surface area contributed by atoms with E-state index in [0.717, 1.165) is 9.13 Å². The van der Waals surface area contributed by atoms with Crippen molar-refractivity contribution >= 4 is 22.6 Å². The second kappa shape index (κ2) is 5.96. The Morgan fingerprint density at radius 1 is 1.33 bits per heavy atom. The van der Waals surface area contributed by atoms with E-state index in [-0.39, 0.29) is 6.61 Å². The minimum absolute atomic E-state index is 0.0400. The zero-order chi connectivity index (χ0) is 13.0. The maximum Gasteiger partial charge on any atom is 0.235 e. The molecular weight excluding hydrogens is 347 g/mol. The SMILES string of the molecule is COc1cc(CO)ccc1Oc1ncncc1I. The predicted molar refractivity (Wildman–Crippen MR) is 73.7 cm³/mol. The zero-order valence-electron chi connectivity index (χ0n) is 9.63. The van der Waals surface area contributed by atoms with Crippen molar-refractivity contribution in [3.8, 4) is 17.4 Å². The molecular formula is C12H11IN2O3. The quantitative estimate of drug-likeness (QED) is 0.851. The molecule has 18 heavy (non-hydrogen) atoms. The molecule has 6 heteroatoms. The Hall–Kier alpha value is -1.41. The van der Waals surface area contributed by atoms with Crippen LogP contribution in [0.1, 0.15) is 5.56 Å². The Balaban J connectivity index is 2.32. The van der Waals surface area contributed by atoms with Crippen molar-refractivity contribution in [3.05, 3.63) is 39.9 Å². The van der Waals surface area contributed by atoms with Gasteiger partial charge in [-0.05, 0) is 40.3 Å². The van der Waals surface area contributed by atoms with Crippen LogP contribution in [0.15, 0.2) is 30.7 Å². The van der Waals surface area contributed by atoms with E-state index in [1.165, 1.54) is 6.33 Å². The van der Waals surface area contributed by atoms with Crippen LogP contribution in [0, 0.1) is 3.57 Å². The lowest BCUT2D eigenvalue weighted by atomic mass is 10.2. The van der Waals surface area contributed by atoms with Crippen LogP contribution in [0.3, 0.4) is 0 Å². The maximum absolute atomic E-state index is 9.06. The van der Waals surface area contributed by atoms with Crippen molar-refractivity contribution in [1.82, 2.24) is 9.97 Å². The molecule has 0 atom stereocenters. The highest BCUT2D eigenvalue weighted by Crippen LogP contribution is 2.32. The molecule has 1 aromatic heterocycles. The summed E-state index contributed by atoms with van der Waals surface area (Å²) in [6.07, 6.45) is 3.09. The molecule has 1 heterocycles. The fourth-order valence-corrected chi connectivity index (χ4v) is 1.79. The molecule has 0 spiro atoms. The predicted octanol–water partition coefficient (Wildman–Crippen LogP) is 2.37. The average Bonchev–Trinajstić information content (AvgIpc) is 2.41. The van der Waals surface area contributed by atoms with Crippen molar-refractivity contribution in [1.29, 1.82) is 0 Å². The largest absolute Gasteiger partial charge is 0.493 e. The molecule has 0 aliphatic heterocycles. The molecule has 2 aromatic rings.